The summed E-state index contributed by atoms with van der Waals surface area (Å²) in [6, 6.07) is 7.69. The summed E-state index contributed by atoms with van der Waals surface area (Å²) in [5, 5.41) is 12.3. The normalized spacial score (nSPS) is 25.8. The van der Waals surface area contributed by atoms with Crippen LogP contribution in [0.4, 0.5) is 11.6 Å². The number of ether oxygens (including phenoxy) is 1. The molecular formula is C17H18N6O. The molecular weight excluding hydrogens is 304 g/mol. The van der Waals surface area contributed by atoms with Crippen LogP contribution < -0.4 is 10.2 Å². The van der Waals surface area contributed by atoms with E-state index in [0.717, 1.165) is 37.6 Å². The number of aromatic nitrogens is 3. The Morgan fingerprint density at radius 2 is 2.33 bits per heavy atom. The molecule has 2 aliphatic rings. The van der Waals surface area contributed by atoms with Gasteiger partial charge < -0.3 is 15.0 Å². The maximum Gasteiger partial charge on any atom is 0.147 e. The smallest absolute Gasteiger partial charge is 0.147 e. The third kappa shape index (κ3) is 2.88. The van der Waals surface area contributed by atoms with Gasteiger partial charge in [0.15, 0.2) is 0 Å². The second kappa shape index (κ2) is 6.06. The molecule has 0 unspecified atom stereocenters. The third-order valence-corrected chi connectivity index (χ3v) is 4.61. The van der Waals surface area contributed by atoms with Gasteiger partial charge in [0, 0.05) is 31.9 Å². The Morgan fingerprint density at radius 3 is 3.17 bits per heavy atom. The Bertz CT molecular complexity index is 761. The number of anilines is 2. The van der Waals surface area contributed by atoms with Gasteiger partial charge in [-0.3, -0.25) is 4.98 Å². The molecule has 0 aromatic carbocycles. The van der Waals surface area contributed by atoms with E-state index >= 15 is 0 Å². The Kier molecular flexibility index (Phi) is 3.75. The van der Waals surface area contributed by atoms with Crippen LogP contribution in [-0.4, -0.2) is 46.3 Å². The van der Waals surface area contributed by atoms with Crippen molar-refractivity contribution in [1.82, 2.24) is 15.0 Å². The molecule has 2 atom stereocenters. The largest absolute Gasteiger partial charge is 0.371 e. The van der Waals surface area contributed by atoms with Crippen LogP contribution in [0.5, 0.6) is 0 Å². The summed E-state index contributed by atoms with van der Waals surface area (Å²) < 4.78 is 6.15. The first-order valence-electron chi connectivity index (χ1n) is 8.05. The van der Waals surface area contributed by atoms with E-state index in [2.05, 4.69) is 31.2 Å². The van der Waals surface area contributed by atoms with Crippen molar-refractivity contribution in [3.05, 3.63) is 42.5 Å². The van der Waals surface area contributed by atoms with Crippen LogP contribution in [0, 0.1) is 11.3 Å². The fourth-order valence-electron chi connectivity index (χ4n) is 3.50. The van der Waals surface area contributed by atoms with Crippen LogP contribution in [0.1, 0.15) is 18.5 Å². The number of hydrogen-bond donors (Lipinski definition) is 1. The second-order valence-electron chi connectivity index (χ2n) is 6.29. The second-order valence-corrected chi connectivity index (χ2v) is 6.29. The Hall–Kier alpha value is -2.72. The van der Waals surface area contributed by atoms with Gasteiger partial charge in [-0.2, -0.15) is 5.26 Å². The molecule has 0 bridgehead atoms. The van der Waals surface area contributed by atoms with Gasteiger partial charge in [0.2, 0.25) is 0 Å². The number of pyridine rings is 1. The van der Waals surface area contributed by atoms with Crippen LogP contribution in [0.15, 0.2) is 36.8 Å². The Balaban J connectivity index is 1.40. The highest BCUT2D eigenvalue weighted by atomic mass is 16.5. The standard InChI is InChI=1S/C17H18N6O/c18-9-13-2-1-3-15(21-13)22-14-8-17(24-11-14)4-7-23(12-17)16-10-19-5-6-20-16/h1-3,5-6,10,14H,4,7-8,11-12H2,(H,21,22)/t14-,17-/m0/s1. The lowest BCUT2D eigenvalue weighted by molar-refractivity contribution is 0.0228. The lowest BCUT2D eigenvalue weighted by Gasteiger charge is -2.23. The van der Waals surface area contributed by atoms with Gasteiger partial charge in [-0.15, -0.1) is 0 Å². The Labute approximate surface area is 140 Å². The first-order valence-corrected chi connectivity index (χ1v) is 8.05. The van der Waals surface area contributed by atoms with Crippen LogP contribution >= 0.6 is 0 Å². The van der Waals surface area contributed by atoms with Crippen LogP contribution in [-0.2, 0) is 4.74 Å². The predicted molar refractivity (Wildman–Crippen MR) is 88.5 cm³/mol. The van der Waals surface area contributed by atoms with E-state index in [9.17, 15) is 0 Å². The van der Waals surface area contributed by atoms with E-state index in [0.29, 0.717) is 12.3 Å². The molecule has 0 amide bonds. The summed E-state index contributed by atoms with van der Waals surface area (Å²) >= 11 is 0. The van der Waals surface area contributed by atoms with Gasteiger partial charge in [0.1, 0.15) is 23.4 Å². The van der Waals surface area contributed by atoms with Crippen LogP contribution in [0.3, 0.4) is 0 Å². The molecule has 2 saturated heterocycles. The van der Waals surface area contributed by atoms with Gasteiger partial charge >= 0.3 is 0 Å². The highest BCUT2D eigenvalue weighted by molar-refractivity contribution is 5.41. The first-order chi connectivity index (χ1) is 11.8. The zero-order valence-electron chi connectivity index (χ0n) is 13.2. The van der Waals surface area contributed by atoms with Crippen LogP contribution in [0.25, 0.3) is 0 Å². The minimum atomic E-state index is -0.137. The number of nitriles is 1. The van der Waals surface area contributed by atoms with E-state index in [1.54, 1.807) is 24.7 Å². The minimum absolute atomic E-state index is 0.137. The molecule has 0 aliphatic carbocycles. The van der Waals surface area contributed by atoms with Crippen molar-refractivity contribution in [3.8, 4) is 6.07 Å². The molecule has 4 heterocycles. The molecule has 122 valence electrons. The number of nitrogens with one attached hydrogen (secondary N) is 1. The summed E-state index contributed by atoms with van der Waals surface area (Å²) in [7, 11) is 0. The van der Waals surface area contributed by atoms with Crippen molar-refractivity contribution in [2.45, 2.75) is 24.5 Å². The lowest BCUT2D eigenvalue weighted by Crippen LogP contribution is -2.34. The molecule has 7 heteroatoms. The van der Waals surface area contributed by atoms with E-state index in [1.165, 1.54) is 0 Å². The van der Waals surface area contributed by atoms with Crippen molar-refractivity contribution >= 4 is 11.6 Å². The maximum absolute atomic E-state index is 8.95. The molecule has 1 N–H and O–H groups in total. The fraction of sp³-hybridized carbons (Fsp3) is 0.412. The van der Waals surface area contributed by atoms with Crippen molar-refractivity contribution in [2.24, 2.45) is 0 Å². The summed E-state index contributed by atoms with van der Waals surface area (Å²) in [5.74, 6) is 1.63. The molecule has 2 aromatic heterocycles. The van der Waals surface area contributed by atoms with E-state index in [-0.39, 0.29) is 11.6 Å². The first kappa shape index (κ1) is 14.8. The maximum atomic E-state index is 8.95. The monoisotopic (exact) mass is 322 g/mol. The van der Waals surface area contributed by atoms with Crippen LogP contribution in [0.2, 0.25) is 0 Å². The summed E-state index contributed by atoms with van der Waals surface area (Å²) in [4.78, 5) is 15.0. The SMILES string of the molecule is N#Cc1cccc(N[C@@H]2CO[C@@]3(CCN(c4cnccn4)C3)C2)n1. The number of hydrogen-bond acceptors (Lipinski definition) is 7. The Morgan fingerprint density at radius 1 is 1.38 bits per heavy atom. The molecule has 1 spiro atoms. The average Bonchev–Trinajstić information content (AvgIpc) is 3.23. The zero-order valence-corrected chi connectivity index (χ0v) is 13.2. The highest BCUT2D eigenvalue weighted by Crippen LogP contribution is 2.37. The highest BCUT2D eigenvalue weighted by Gasteiger charge is 2.46. The average molecular weight is 322 g/mol. The zero-order chi connectivity index (χ0) is 16.4. The van der Waals surface area contributed by atoms with Crippen molar-refractivity contribution in [2.75, 3.05) is 29.9 Å². The molecule has 24 heavy (non-hydrogen) atoms. The van der Waals surface area contributed by atoms with Gasteiger partial charge in [0.05, 0.1) is 24.4 Å². The van der Waals surface area contributed by atoms with Gasteiger partial charge in [-0.05, 0) is 18.6 Å². The molecule has 2 aromatic rings. The summed E-state index contributed by atoms with van der Waals surface area (Å²) in [5.41, 5.74) is 0.283. The molecule has 0 radical (unpaired) electrons. The number of rotatable bonds is 3. The molecule has 4 rings (SSSR count). The van der Waals surface area contributed by atoms with Gasteiger partial charge in [-0.1, -0.05) is 6.07 Å². The lowest BCUT2D eigenvalue weighted by atomic mass is 9.97. The van der Waals surface area contributed by atoms with Crippen molar-refractivity contribution < 1.29 is 4.74 Å². The fourth-order valence-corrected chi connectivity index (χ4v) is 3.50. The van der Waals surface area contributed by atoms with E-state index in [4.69, 9.17) is 10.00 Å². The van der Waals surface area contributed by atoms with Crippen molar-refractivity contribution in [1.29, 1.82) is 5.26 Å². The van der Waals surface area contributed by atoms with Gasteiger partial charge in [0.25, 0.3) is 0 Å². The topological polar surface area (TPSA) is 87.0 Å². The molecule has 7 nitrogen and oxygen atoms in total. The molecule has 2 aliphatic heterocycles. The van der Waals surface area contributed by atoms with E-state index in [1.807, 2.05) is 12.1 Å². The van der Waals surface area contributed by atoms with Crippen molar-refractivity contribution in [3.63, 3.8) is 0 Å². The number of nitrogens with zero attached hydrogens (tertiary/aromatic N) is 5. The predicted octanol–water partition coefficient (Wildman–Crippen LogP) is 1.59. The molecule has 0 saturated carbocycles. The summed E-state index contributed by atoms with van der Waals surface area (Å²) in [6.45, 7) is 2.40. The molecule has 2 fully saturated rings. The summed E-state index contributed by atoms with van der Waals surface area (Å²) in [6.07, 6.45) is 7.09. The minimum Gasteiger partial charge on any atom is -0.371 e. The van der Waals surface area contributed by atoms with Gasteiger partial charge in [-0.25, -0.2) is 9.97 Å². The van der Waals surface area contributed by atoms with E-state index < -0.39 is 0 Å². The quantitative estimate of drug-likeness (QED) is 0.918. The third-order valence-electron chi connectivity index (χ3n) is 4.61.